The third-order valence-corrected chi connectivity index (χ3v) is 5.26. The van der Waals surface area contributed by atoms with E-state index in [9.17, 15) is 25.5 Å². The lowest BCUT2D eigenvalue weighted by molar-refractivity contribution is -0.361. The Morgan fingerprint density at radius 3 is 1.93 bits per heavy atom. The van der Waals surface area contributed by atoms with Gasteiger partial charge in [0.15, 0.2) is 12.6 Å². The summed E-state index contributed by atoms with van der Waals surface area (Å²) in [4.78, 5) is 0. The summed E-state index contributed by atoms with van der Waals surface area (Å²) in [6.45, 7) is 4.13. The Morgan fingerprint density at radius 2 is 1.29 bits per heavy atom. The predicted octanol–water partition coefficient (Wildman–Crippen LogP) is -1.80. The van der Waals surface area contributed by atoms with Crippen LogP contribution in [-0.2, 0) is 18.9 Å². The Labute approximate surface area is 165 Å². The molecule has 0 radical (unpaired) electrons. The van der Waals surface area contributed by atoms with Gasteiger partial charge in [-0.2, -0.15) is 0 Å². The van der Waals surface area contributed by atoms with Crippen LogP contribution >= 0.6 is 0 Å². The molecule has 2 heterocycles. The molecule has 0 saturated carbocycles. The third-order valence-electron chi connectivity index (χ3n) is 5.26. The molecule has 166 valence electrons. The lowest BCUT2D eigenvalue weighted by Crippen LogP contribution is -2.63. The van der Waals surface area contributed by atoms with E-state index in [1.54, 1.807) is 6.92 Å². The van der Waals surface area contributed by atoms with Gasteiger partial charge in [0, 0.05) is 6.61 Å². The number of aliphatic hydroxyl groups is 5. The van der Waals surface area contributed by atoms with Crippen molar-refractivity contribution < 1.29 is 44.5 Å². The molecule has 10 atom stereocenters. The molecular weight excluding hydrogens is 374 g/mol. The fourth-order valence-electron chi connectivity index (χ4n) is 3.36. The Balaban J connectivity index is 1.98. The topological polar surface area (TPSA) is 164 Å². The Kier molecular flexibility index (Phi) is 9.48. The Morgan fingerprint density at radius 1 is 0.714 bits per heavy atom. The summed E-state index contributed by atoms with van der Waals surface area (Å²) >= 11 is 0. The van der Waals surface area contributed by atoms with Gasteiger partial charge >= 0.3 is 0 Å². The standard InChI is InChI=1S/C18H35NO9/c1-9-11(20)13(22)15(24)17(26-9)28-16-14(23)12(21)10(2)27-18(16)25-8-6-4-3-5-7-19/h9-18,20-24H,3-8,19H2,1-2H3/t9-,10-,11+,12+,13+,14+,15-,16-,17-,18+/m0/s1. The smallest absolute Gasteiger partial charge is 0.187 e. The van der Waals surface area contributed by atoms with E-state index in [0.29, 0.717) is 13.2 Å². The maximum absolute atomic E-state index is 10.5. The second kappa shape index (κ2) is 11.1. The summed E-state index contributed by atoms with van der Waals surface area (Å²) in [6.07, 6.45) is -8.15. The largest absolute Gasteiger partial charge is 0.388 e. The van der Waals surface area contributed by atoms with E-state index < -0.39 is 61.4 Å². The molecule has 0 aliphatic carbocycles. The van der Waals surface area contributed by atoms with Crippen LogP contribution in [0.5, 0.6) is 0 Å². The number of aliphatic hydroxyl groups excluding tert-OH is 5. The minimum absolute atomic E-state index is 0.358. The monoisotopic (exact) mass is 409 g/mol. The van der Waals surface area contributed by atoms with Gasteiger partial charge in [0.2, 0.25) is 0 Å². The zero-order valence-corrected chi connectivity index (χ0v) is 16.5. The van der Waals surface area contributed by atoms with E-state index in [1.807, 2.05) is 0 Å². The molecule has 2 aliphatic heterocycles. The first-order valence-corrected chi connectivity index (χ1v) is 9.96. The van der Waals surface area contributed by atoms with Gasteiger partial charge in [0.05, 0.1) is 12.2 Å². The summed E-state index contributed by atoms with van der Waals surface area (Å²) in [5, 5.41) is 50.5. The molecule has 0 aromatic carbocycles. The molecule has 28 heavy (non-hydrogen) atoms. The molecule has 10 nitrogen and oxygen atoms in total. The number of ether oxygens (including phenoxy) is 4. The highest BCUT2D eigenvalue weighted by atomic mass is 16.8. The van der Waals surface area contributed by atoms with Gasteiger partial charge in [0.25, 0.3) is 0 Å². The maximum atomic E-state index is 10.5. The number of rotatable bonds is 9. The van der Waals surface area contributed by atoms with Crippen molar-refractivity contribution in [2.75, 3.05) is 13.2 Å². The zero-order chi connectivity index (χ0) is 20.8. The average Bonchev–Trinajstić information content (AvgIpc) is 2.67. The minimum atomic E-state index is -1.54. The van der Waals surface area contributed by atoms with E-state index in [1.165, 1.54) is 6.92 Å². The van der Waals surface area contributed by atoms with Crippen LogP contribution in [0.4, 0.5) is 0 Å². The molecule has 2 aliphatic rings. The zero-order valence-electron chi connectivity index (χ0n) is 16.5. The fraction of sp³-hybridized carbons (Fsp3) is 1.00. The van der Waals surface area contributed by atoms with Gasteiger partial charge in [-0.1, -0.05) is 12.8 Å². The Bertz CT molecular complexity index is 457. The van der Waals surface area contributed by atoms with Crippen molar-refractivity contribution in [3.8, 4) is 0 Å². The van der Waals surface area contributed by atoms with Crippen molar-refractivity contribution in [1.29, 1.82) is 0 Å². The summed E-state index contributed by atoms with van der Waals surface area (Å²) in [6, 6.07) is 0. The second-order valence-corrected chi connectivity index (χ2v) is 7.55. The molecule has 0 spiro atoms. The molecule has 0 bridgehead atoms. The van der Waals surface area contributed by atoms with Gasteiger partial charge in [-0.25, -0.2) is 0 Å². The van der Waals surface area contributed by atoms with Crippen LogP contribution in [0.1, 0.15) is 39.5 Å². The Hall–Kier alpha value is -0.400. The summed E-state index contributed by atoms with van der Waals surface area (Å²) in [5.41, 5.74) is 5.47. The number of hydrogen-bond acceptors (Lipinski definition) is 10. The van der Waals surface area contributed by atoms with Gasteiger partial charge in [0.1, 0.15) is 36.6 Å². The summed E-state index contributed by atoms with van der Waals surface area (Å²) in [7, 11) is 0. The molecule has 0 aromatic rings. The quantitative estimate of drug-likeness (QED) is 0.239. The molecule has 2 fully saturated rings. The van der Waals surface area contributed by atoms with Crippen molar-refractivity contribution in [3.05, 3.63) is 0 Å². The van der Waals surface area contributed by atoms with E-state index in [0.717, 1.165) is 25.7 Å². The number of nitrogens with two attached hydrogens (primary N) is 1. The summed E-state index contributed by atoms with van der Waals surface area (Å²) < 4.78 is 22.4. The highest BCUT2D eigenvalue weighted by molar-refractivity contribution is 4.92. The van der Waals surface area contributed by atoms with E-state index in [4.69, 9.17) is 24.7 Å². The van der Waals surface area contributed by atoms with Gasteiger partial charge in [-0.15, -0.1) is 0 Å². The van der Waals surface area contributed by atoms with E-state index in [2.05, 4.69) is 0 Å². The van der Waals surface area contributed by atoms with Crippen LogP contribution in [0.2, 0.25) is 0 Å². The van der Waals surface area contributed by atoms with Gasteiger partial charge < -0.3 is 50.2 Å². The lowest BCUT2D eigenvalue weighted by Gasteiger charge is -2.45. The normalized spacial score (nSPS) is 44.6. The highest BCUT2D eigenvalue weighted by Crippen LogP contribution is 2.29. The predicted molar refractivity (Wildman–Crippen MR) is 97.1 cm³/mol. The van der Waals surface area contributed by atoms with Crippen LogP contribution in [0.25, 0.3) is 0 Å². The van der Waals surface area contributed by atoms with Crippen LogP contribution in [0.3, 0.4) is 0 Å². The van der Waals surface area contributed by atoms with Crippen LogP contribution in [0.15, 0.2) is 0 Å². The first-order chi connectivity index (χ1) is 13.3. The molecule has 0 aromatic heterocycles. The number of hydrogen-bond donors (Lipinski definition) is 6. The molecule has 0 unspecified atom stereocenters. The van der Waals surface area contributed by atoms with Crippen LogP contribution in [-0.4, -0.2) is 100 Å². The van der Waals surface area contributed by atoms with Crippen molar-refractivity contribution in [3.63, 3.8) is 0 Å². The van der Waals surface area contributed by atoms with Crippen molar-refractivity contribution in [2.24, 2.45) is 5.73 Å². The SMILES string of the molecule is C[C@@H]1O[C@@H](O[C@@H]2[C@H](OCCCCCCN)O[C@@H](C)[C@@H](O)[C@H]2O)[C@@H](O)[C@H](O)[C@@H]1O. The highest BCUT2D eigenvalue weighted by Gasteiger charge is 2.49. The van der Waals surface area contributed by atoms with Crippen molar-refractivity contribution >= 4 is 0 Å². The molecule has 7 N–H and O–H groups in total. The molecule has 0 amide bonds. The van der Waals surface area contributed by atoms with E-state index in [-0.39, 0.29) is 0 Å². The van der Waals surface area contributed by atoms with E-state index >= 15 is 0 Å². The van der Waals surface area contributed by atoms with Crippen LogP contribution < -0.4 is 5.73 Å². The van der Waals surface area contributed by atoms with Crippen molar-refractivity contribution in [2.45, 2.75) is 101 Å². The molecular formula is C18H35NO9. The van der Waals surface area contributed by atoms with Crippen LogP contribution in [0, 0.1) is 0 Å². The lowest BCUT2D eigenvalue weighted by atomic mass is 9.98. The average molecular weight is 409 g/mol. The first kappa shape index (κ1) is 23.9. The van der Waals surface area contributed by atoms with Gasteiger partial charge in [-0.3, -0.25) is 0 Å². The van der Waals surface area contributed by atoms with Gasteiger partial charge in [-0.05, 0) is 33.2 Å². The number of unbranched alkanes of at least 4 members (excludes halogenated alkanes) is 3. The minimum Gasteiger partial charge on any atom is -0.388 e. The molecule has 2 saturated heterocycles. The fourth-order valence-corrected chi connectivity index (χ4v) is 3.36. The second-order valence-electron chi connectivity index (χ2n) is 7.55. The summed E-state index contributed by atoms with van der Waals surface area (Å²) in [5.74, 6) is 0. The van der Waals surface area contributed by atoms with Crippen molar-refractivity contribution in [1.82, 2.24) is 0 Å². The molecule has 2 rings (SSSR count). The molecule has 10 heteroatoms. The first-order valence-electron chi connectivity index (χ1n) is 9.96. The maximum Gasteiger partial charge on any atom is 0.187 e. The third kappa shape index (κ3) is 5.82.